The fraction of sp³-hybridized carbons (Fsp3) is 0.118. The van der Waals surface area contributed by atoms with Crippen LogP contribution in [0.3, 0.4) is 0 Å². The quantitative estimate of drug-likeness (QED) is 0.453. The van der Waals surface area contributed by atoms with Crippen molar-refractivity contribution in [2.24, 2.45) is 0 Å². The first-order valence-corrected chi connectivity index (χ1v) is 8.78. The zero-order valence-corrected chi connectivity index (χ0v) is 13.8. The fourth-order valence-electron chi connectivity index (χ4n) is 1.64. The molecule has 0 aliphatic rings. The molecule has 0 amide bonds. The average Bonchev–Trinajstić information content (AvgIpc) is 2.49. The van der Waals surface area contributed by atoms with Gasteiger partial charge >= 0.3 is 129 Å². The van der Waals surface area contributed by atoms with Crippen molar-refractivity contribution in [2.45, 2.75) is 6.92 Å². The molecule has 0 atom stereocenters. The Kier molecular flexibility index (Phi) is 5.40. The molecule has 0 spiro atoms. The van der Waals surface area contributed by atoms with E-state index >= 15 is 0 Å². The summed E-state index contributed by atoms with van der Waals surface area (Å²) in [4.78, 5) is 12.0. The molecule has 0 bridgehead atoms. The van der Waals surface area contributed by atoms with Gasteiger partial charge in [0.1, 0.15) is 0 Å². The maximum absolute atomic E-state index is 12.0. The van der Waals surface area contributed by atoms with Gasteiger partial charge in [0.25, 0.3) is 0 Å². The Labute approximate surface area is 129 Å². The van der Waals surface area contributed by atoms with E-state index in [1.165, 1.54) is 9.17 Å². The molecule has 20 heavy (non-hydrogen) atoms. The molecule has 102 valence electrons. The summed E-state index contributed by atoms with van der Waals surface area (Å²) in [6, 6.07) is 15.7. The van der Waals surface area contributed by atoms with Gasteiger partial charge in [0.05, 0.1) is 0 Å². The first kappa shape index (κ1) is 14.8. The molecule has 2 aromatic carbocycles. The van der Waals surface area contributed by atoms with Crippen molar-refractivity contribution in [2.75, 3.05) is 7.11 Å². The summed E-state index contributed by atoms with van der Waals surface area (Å²) < 4.78 is 8.44. The third kappa shape index (κ3) is 4.23. The van der Waals surface area contributed by atoms with Gasteiger partial charge < -0.3 is 0 Å². The molecular weight excluding hydrogens is 364 g/mol. The Morgan fingerprint density at radius 1 is 1.05 bits per heavy atom. The molecule has 0 aliphatic carbocycles. The molecule has 0 heterocycles. The zero-order valence-electron chi connectivity index (χ0n) is 11.5. The van der Waals surface area contributed by atoms with Gasteiger partial charge in [-0.2, -0.15) is 0 Å². The average molecular weight is 380 g/mol. The van der Waals surface area contributed by atoms with Crippen LogP contribution in [0.5, 0.6) is 5.75 Å². The third-order valence-corrected chi connectivity index (χ3v) is 5.15. The van der Waals surface area contributed by atoms with Crippen molar-refractivity contribution in [1.82, 2.24) is 0 Å². The maximum atomic E-state index is 12.0. The molecule has 0 aliphatic heterocycles. The first-order valence-electron chi connectivity index (χ1n) is 6.27. The molecule has 0 saturated carbocycles. The molecule has 0 unspecified atom stereocenters. The fourth-order valence-corrected chi connectivity index (χ4v) is 3.48. The van der Waals surface area contributed by atoms with Gasteiger partial charge in [-0.3, -0.25) is 0 Å². The van der Waals surface area contributed by atoms with Crippen LogP contribution in [0.4, 0.5) is 0 Å². The predicted molar refractivity (Wildman–Crippen MR) is 83.0 cm³/mol. The Balaban J connectivity index is 1.96. The van der Waals surface area contributed by atoms with Crippen LogP contribution in [-0.2, 0) is 0 Å². The van der Waals surface area contributed by atoms with E-state index in [2.05, 4.69) is 31.2 Å². The van der Waals surface area contributed by atoms with Gasteiger partial charge in [-0.15, -0.1) is 0 Å². The van der Waals surface area contributed by atoms with Crippen LogP contribution in [0.25, 0.3) is 0 Å². The number of carbonyl (C=O) groups excluding carboxylic acids is 1. The Morgan fingerprint density at radius 2 is 1.70 bits per heavy atom. The summed E-state index contributed by atoms with van der Waals surface area (Å²) >= 11 is -0.431. The van der Waals surface area contributed by atoms with E-state index in [4.69, 9.17) is 4.74 Å². The summed E-state index contributed by atoms with van der Waals surface area (Å²) in [5, 5.41) is 0. The standard InChI is InChI=1S/C17H16O2Te/c1-13-3-9-16(10-4-13)20-12-11-17(18)14-5-7-15(19-2)8-6-14/h3-12H,1-2H3/b12-11+. The second-order valence-electron chi connectivity index (χ2n) is 4.33. The number of rotatable bonds is 5. The zero-order chi connectivity index (χ0) is 14.4. The van der Waals surface area contributed by atoms with Gasteiger partial charge in [0.2, 0.25) is 0 Å². The molecule has 0 fully saturated rings. The van der Waals surface area contributed by atoms with Gasteiger partial charge in [-0.1, -0.05) is 0 Å². The van der Waals surface area contributed by atoms with Crippen molar-refractivity contribution in [1.29, 1.82) is 0 Å². The Hall–Kier alpha value is -1.56. The van der Waals surface area contributed by atoms with Gasteiger partial charge in [0.15, 0.2) is 0 Å². The Morgan fingerprint density at radius 3 is 2.30 bits per heavy atom. The summed E-state index contributed by atoms with van der Waals surface area (Å²) in [6.45, 7) is 2.08. The van der Waals surface area contributed by atoms with E-state index in [1.54, 1.807) is 37.5 Å². The second kappa shape index (κ2) is 7.28. The monoisotopic (exact) mass is 382 g/mol. The van der Waals surface area contributed by atoms with E-state index in [0.717, 1.165) is 5.75 Å². The number of carbonyl (C=O) groups is 1. The third-order valence-electron chi connectivity index (χ3n) is 2.82. The number of hydrogen-bond acceptors (Lipinski definition) is 2. The molecule has 0 saturated heterocycles. The van der Waals surface area contributed by atoms with Gasteiger partial charge in [0, 0.05) is 0 Å². The first-order chi connectivity index (χ1) is 9.69. The van der Waals surface area contributed by atoms with Crippen LogP contribution < -0.4 is 8.35 Å². The van der Waals surface area contributed by atoms with E-state index in [-0.39, 0.29) is 5.78 Å². The molecule has 2 nitrogen and oxygen atoms in total. The molecular formula is C17H16O2Te. The minimum atomic E-state index is -0.431. The van der Waals surface area contributed by atoms with Crippen LogP contribution in [0.1, 0.15) is 15.9 Å². The van der Waals surface area contributed by atoms with E-state index in [0.29, 0.717) is 5.56 Å². The molecule has 0 N–H and O–H groups in total. The summed E-state index contributed by atoms with van der Waals surface area (Å²) in [7, 11) is 1.61. The van der Waals surface area contributed by atoms with Crippen LogP contribution in [-0.4, -0.2) is 33.8 Å². The van der Waals surface area contributed by atoms with E-state index in [1.807, 2.05) is 4.12 Å². The van der Waals surface area contributed by atoms with Crippen LogP contribution in [0.2, 0.25) is 0 Å². The molecule has 0 radical (unpaired) electrons. The second-order valence-corrected chi connectivity index (χ2v) is 7.12. The topological polar surface area (TPSA) is 26.3 Å². The van der Waals surface area contributed by atoms with E-state index in [9.17, 15) is 4.79 Å². The van der Waals surface area contributed by atoms with Crippen LogP contribution >= 0.6 is 0 Å². The number of benzene rings is 2. The number of hydrogen-bond donors (Lipinski definition) is 0. The number of ether oxygens (including phenoxy) is 1. The number of aryl methyl sites for hydroxylation is 1. The van der Waals surface area contributed by atoms with Gasteiger partial charge in [-0.05, 0) is 0 Å². The minimum absolute atomic E-state index is 0.0462. The molecule has 2 aromatic rings. The van der Waals surface area contributed by atoms with E-state index < -0.39 is 20.9 Å². The van der Waals surface area contributed by atoms with Crippen molar-refractivity contribution in [3.63, 3.8) is 0 Å². The molecule has 2 rings (SSSR count). The normalized spacial score (nSPS) is 10.7. The Bertz CT molecular complexity index is 598. The molecule has 3 heteroatoms. The summed E-state index contributed by atoms with van der Waals surface area (Å²) in [5.41, 5.74) is 1.96. The van der Waals surface area contributed by atoms with Crippen LogP contribution in [0.15, 0.2) is 58.7 Å². The number of methoxy groups -OCH3 is 1. The van der Waals surface area contributed by atoms with Crippen LogP contribution in [0, 0.1) is 6.92 Å². The van der Waals surface area contributed by atoms with Crippen molar-refractivity contribution >= 4 is 30.3 Å². The summed E-state index contributed by atoms with van der Waals surface area (Å²) in [6.07, 6.45) is 1.68. The van der Waals surface area contributed by atoms with Gasteiger partial charge in [-0.25, -0.2) is 0 Å². The number of ketones is 1. The number of allylic oxidation sites excluding steroid dienone is 1. The van der Waals surface area contributed by atoms with Crippen molar-refractivity contribution in [3.05, 3.63) is 69.9 Å². The summed E-state index contributed by atoms with van der Waals surface area (Å²) in [5.74, 6) is 0.809. The SMILES string of the molecule is COc1ccc(C(=O)/C=C/[Te]c2ccc(C)cc2)cc1. The predicted octanol–water partition coefficient (Wildman–Crippen LogP) is 2.73. The molecule has 0 aromatic heterocycles. The van der Waals surface area contributed by atoms with Crippen molar-refractivity contribution < 1.29 is 9.53 Å². The van der Waals surface area contributed by atoms with Crippen molar-refractivity contribution in [3.8, 4) is 5.75 Å².